The second-order valence-corrected chi connectivity index (χ2v) is 2.62. The summed E-state index contributed by atoms with van der Waals surface area (Å²) in [5.74, 6) is 0. The standard InChI is InChI=1S/C9H19.Hf/c1-3-5-7-9-8-6-4-2;/h1,3-9H2,2H3;. The second-order valence-electron chi connectivity index (χ2n) is 2.62. The molecule has 0 heterocycles. The van der Waals surface area contributed by atoms with Crippen molar-refractivity contribution in [2.24, 2.45) is 0 Å². The molecule has 0 aliphatic rings. The Hall–Kier alpha value is 0.870. The van der Waals surface area contributed by atoms with Gasteiger partial charge in [0.25, 0.3) is 0 Å². The first-order valence-electron chi connectivity index (χ1n) is 4.21. The van der Waals surface area contributed by atoms with Crippen LogP contribution in [0.4, 0.5) is 0 Å². The van der Waals surface area contributed by atoms with Gasteiger partial charge in [-0.3, -0.25) is 0 Å². The maximum atomic E-state index is 3.80. The van der Waals surface area contributed by atoms with Crippen molar-refractivity contribution in [3.8, 4) is 0 Å². The van der Waals surface area contributed by atoms with Gasteiger partial charge in [-0.2, -0.15) is 0 Å². The van der Waals surface area contributed by atoms with Gasteiger partial charge in [0, 0.05) is 25.8 Å². The zero-order valence-corrected chi connectivity index (χ0v) is 10.7. The molecule has 0 aliphatic heterocycles. The Morgan fingerprint density at radius 2 is 1.40 bits per heavy atom. The van der Waals surface area contributed by atoms with E-state index < -0.39 is 0 Å². The Labute approximate surface area is 84.6 Å². The topological polar surface area (TPSA) is 0 Å². The van der Waals surface area contributed by atoms with Crippen molar-refractivity contribution < 1.29 is 25.8 Å². The molecule has 0 fully saturated rings. The van der Waals surface area contributed by atoms with Crippen LogP contribution in [-0.4, -0.2) is 0 Å². The number of hydrogen-bond donors (Lipinski definition) is 0. The quantitative estimate of drug-likeness (QED) is 0.520. The average molecular weight is 306 g/mol. The first-order valence-corrected chi connectivity index (χ1v) is 4.21. The zero-order valence-electron chi connectivity index (χ0n) is 7.16. The normalized spacial score (nSPS) is 9.00. The van der Waals surface area contributed by atoms with Gasteiger partial charge in [-0.25, -0.2) is 0 Å². The van der Waals surface area contributed by atoms with E-state index in [0.717, 1.165) is 6.42 Å². The van der Waals surface area contributed by atoms with Gasteiger partial charge < -0.3 is 0 Å². The van der Waals surface area contributed by atoms with Crippen LogP contribution in [0.2, 0.25) is 0 Å². The summed E-state index contributed by atoms with van der Waals surface area (Å²) in [6, 6.07) is 0. The van der Waals surface area contributed by atoms with Crippen molar-refractivity contribution in [1.29, 1.82) is 0 Å². The molecule has 0 N–H and O–H groups in total. The predicted octanol–water partition coefficient (Wildman–Crippen LogP) is 3.57. The predicted molar refractivity (Wildman–Crippen MR) is 43.4 cm³/mol. The summed E-state index contributed by atoms with van der Waals surface area (Å²) in [5.41, 5.74) is 0. The van der Waals surface area contributed by atoms with E-state index in [-0.39, 0.29) is 25.8 Å². The van der Waals surface area contributed by atoms with Crippen LogP contribution in [0.3, 0.4) is 0 Å². The molecule has 0 unspecified atom stereocenters. The molecule has 10 heavy (non-hydrogen) atoms. The van der Waals surface area contributed by atoms with Gasteiger partial charge in [0.15, 0.2) is 0 Å². The third kappa shape index (κ3) is 11.6. The number of unbranched alkanes of at least 4 members (excludes halogenated alkanes) is 6. The smallest absolute Gasteiger partial charge is 0 e. The fourth-order valence-electron chi connectivity index (χ4n) is 0.957. The van der Waals surface area contributed by atoms with E-state index in [1.807, 2.05) is 0 Å². The average Bonchev–Trinajstić information content (AvgIpc) is 1.89. The van der Waals surface area contributed by atoms with Crippen LogP contribution >= 0.6 is 0 Å². The molecule has 0 atom stereocenters. The summed E-state index contributed by atoms with van der Waals surface area (Å²) in [7, 11) is 0. The molecule has 0 aliphatic carbocycles. The van der Waals surface area contributed by atoms with Crippen LogP contribution in [0.5, 0.6) is 0 Å². The Morgan fingerprint density at radius 1 is 0.900 bits per heavy atom. The van der Waals surface area contributed by atoms with Crippen LogP contribution in [0, 0.1) is 6.92 Å². The van der Waals surface area contributed by atoms with Gasteiger partial charge >= 0.3 is 0 Å². The molecule has 59 valence electrons. The van der Waals surface area contributed by atoms with Gasteiger partial charge in [0.1, 0.15) is 0 Å². The Bertz CT molecular complexity index is 38.0. The minimum atomic E-state index is 0. The molecular weight excluding hydrogens is 287 g/mol. The van der Waals surface area contributed by atoms with E-state index in [4.69, 9.17) is 0 Å². The van der Waals surface area contributed by atoms with Crippen LogP contribution in [-0.2, 0) is 25.8 Å². The molecule has 0 amide bonds. The molecule has 0 saturated carbocycles. The molecule has 0 rings (SSSR count). The van der Waals surface area contributed by atoms with Crippen LogP contribution in [0.25, 0.3) is 0 Å². The summed E-state index contributed by atoms with van der Waals surface area (Å²) in [5, 5.41) is 0. The van der Waals surface area contributed by atoms with Crippen molar-refractivity contribution in [2.75, 3.05) is 0 Å². The van der Waals surface area contributed by atoms with Gasteiger partial charge in [-0.15, -0.1) is 0 Å². The summed E-state index contributed by atoms with van der Waals surface area (Å²) in [4.78, 5) is 0. The SMILES string of the molecule is [CH2]CCCCCCCC.[Hf]. The third-order valence-corrected chi connectivity index (χ3v) is 1.60. The monoisotopic (exact) mass is 307 g/mol. The summed E-state index contributed by atoms with van der Waals surface area (Å²) in [6.07, 6.45) is 9.45. The van der Waals surface area contributed by atoms with E-state index in [1.165, 1.54) is 38.5 Å². The van der Waals surface area contributed by atoms with Crippen LogP contribution in [0.15, 0.2) is 0 Å². The maximum Gasteiger partial charge on any atom is 0 e. The van der Waals surface area contributed by atoms with E-state index in [9.17, 15) is 0 Å². The molecule has 0 bridgehead atoms. The largest absolute Gasteiger partial charge is 0.0654 e. The van der Waals surface area contributed by atoms with Gasteiger partial charge in [0.05, 0.1) is 0 Å². The van der Waals surface area contributed by atoms with Crippen molar-refractivity contribution in [1.82, 2.24) is 0 Å². The fraction of sp³-hybridized carbons (Fsp3) is 0.889. The number of hydrogen-bond acceptors (Lipinski definition) is 0. The fourth-order valence-corrected chi connectivity index (χ4v) is 0.957. The minimum Gasteiger partial charge on any atom is -0.0654 e. The first kappa shape index (κ1) is 13.5. The summed E-state index contributed by atoms with van der Waals surface area (Å²) >= 11 is 0. The second kappa shape index (κ2) is 12.5. The van der Waals surface area contributed by atoms with Crippen molar-refractivity contribution in [3.05, 3.63) is 6.92 Å². The molecule has 1 heteroatoms. The number of rotatable bonds is 6. The maximum absolute atomic E-state index is 3.80. The van der Waals surface area contributed by atoms with Crippen molar-refractivity contribution >= 4 is 0 Å². The van der Waals surface area contributed by atoms with E-state index in [2.05, 4.69) is 13.8 Å². The van der Waals surface area contributed by atoms with E-state index >= 15 is 0 Å². The molecule has 0 spiro atoms. The Balaban J connectivity index is 0. The first-order chi connectivity index (χ1) is 4.41. The summed E-state index contributed by atoms with van der Waals surface area (Å²) < 4.78 is 0. The van der Waals surface area contributed by atoms with E-state index in [1.54, 1.807) is 0 Å². The Kier molecular flexibility index (Phi) is 16.9. The van der Waals surface area contributed by atoms with E-state index in [0.29, 0.717) is 0 Å². The third-order valence-electron chi connectivity index (χ3n) is 1.60. The molecule has 0 aromatic carbocycles. The van der Waals surface area contributed by atoms with Gasteiger partial charge in [-0.05, 0) is 0 Å². The van der Waals surface area contributed by atoms with Gasteiger partial charge in [-0.1, -0.05) is 58.8 Å². The minimum absolute atomic E-state index is 0. The molecule has 0 aromatic rings. The molecule has 0 nitrogen and oxygen atoms in total. The van der Waals surface area contributed by atoms with Gasteiger partial charge in [0.2, 0.25) is 0 Å². The van der Waals surface area contributed by atoms with Crippen molar-refractivity contribution in [2.45, 2.75) is 51.9 Å². The molecule has 0 saturated heterocycles. The van der Waals surface area contributed by atoms with Crippen LogP contribution < -0.4 is 0 Å². The summed E-state index contributed by atoms with van der Waals surface area (Å²) in [6.45, 7) is 6.05. The Morgan fingerprint density at radius 3 is 1.90 bits per heavy atom. The molecular formula is C9H19Hf. The van der Waals surface area contributed by atoms with Crippen LogP contribution in [0.1, 0.15) is 51.9 Å². The molecule has 0 aromatic heterocycles. The van der Waals surface area contributed by atoms with Crippen molar-refractivity contribution in [3.63, 3.8) is 0 Å². The zero-order chi connectivity index (χ0) is 6.95. The molecule has 1 radical (unpaired) electrons.